The molecule has 0 bridgehead atoms. The summed E-state index contributed by atoms with van der Waals surface area (Å²) in [6, 6.07) is 0. The van der Waals surface area contributed by atoms with Crippen molar-refractivity contribution in [3.05, 3.63) is 12.2 Å². The van der Waals surface area contributed by atoms with E-state index in [1.807, 2.05) is 0 Å². The minimum atomic E-state index is -1.51. The fourth-order valence-electron chi connectivity index (χ4n) is 2.84. The van der Waals surface area contributed by atoms with Crippen LogP contribution in [0.3, 0.4) is 0 Å². The van der Waals surface area contributed by atoms with Crippen LogP contribution in [-0.2, 0) is 28.8 Å². The Kier molecular flexibility index (Phi) is 24.5. The third kappa shape index (κ3) is 23.5. The van der Waals surface area contributed by atoms with Gasteiger partial charge in [0.15, 0.2) is 0 Å². The maximum atomic E-state index is 11.9. The first-order valence-corrected chi connectivity index (χ1v) is 11.9. The van der Waals surface area contributed by atoms with E-state index in [1.54, 1.807) is 0 Å². The Morgan fingerprint density at radius 1 is 0.742 bits per heavy atom. The van der Waals surface area contributed by atoms with E-state index in [0.29, 0.717) is 6.42 Å². The third-order valence-corrected chi connectivity index (χ3v) is 4.51. The second-order valence-corrected chi connectivity index (χ2v) is 7.40. The first-order valence-electron chi connectivity index (χ1n) is 11.9. The SMILES string of the molecule is CCCCCCCC/C=C\CCCCCCCC(=O)OB(OOCCO)OOCCO. The zero-order valence-electron chi connectivity index (χ0n) is 19.3. The molecule has 0 saturated heterocycles. The number of hydrogen-bond acceptors (Lipinski definition) is 8. The van der Waals surface area contributed by atoms with Crippen LogP contribution >= 0.6 is 0 Å². The van der Waals surface area contributed by atoms with Crippen LogP contribution in [0.15, 0.2) is 12.2 Å². The molecule has 182 valence electrons. The summed E-state index contributed by atoms with van der Waals surface area (Å²) in [5, 5.41) is 17.3. The molecule has 0 aliphatic rings. The van der Waals surface area contributed by atoms with Gasteiger partial charge in [-0.3, -0.25) is 4.79 Å². The second kappa shape index (κ2) is 25.3. The monoisotopic (exact) mass is 446 g/mol. The lowest BCUT2D eigenvalue weighted by Crippen LogP contribution is -2.31. The van der Waals surface area contributed by atoms with Crippen LogP contribution in [0.1, 0.15) is 96.8 Å². The van der Waals surface area contributed by atoms with Crippen molar-refractivity contribution in [1.29, 1.82) is 0 Å². The zero-order valence-corrected chi connectivity index (χ0v) is 19.3. The highest BCUT2D eigenvalue weighted by Crippen LogP contribution is 2.10. The maximum Gasteiger partial charge on any atom is 0.772 e. The van der Waals surface area contributed by atoms with Gasteiger partial charge in [-0.15, -0.1) is 0 Å². The smallest absolute Gasteiger partial charge is 0.482 e. The maximum absolute atomic E-state index is 11.9. The molecular weight excluding hydrogens is 403 g/mol. The fraction of sp³-hybridized carbons (Fsp3) is 0.864. The van der Waals surface area contributed by atoms with Gasteiger partial charge in [0.25, 0.3) is 5.97 Å². The average molecular weight is 446 g/mol. The van der Waals surface area contributed by atoms with Crippen LogP contribution in [0.2, 0.25) is 0 Å². The van der Waals surface area contributed by atoms with Gasteiger partial charge in [-0.1, -0.05) is 70.4 Å². The molecule has 0 atom stereocenters. The molecule has 0 aromatic rings. The first kappa shape index (κ1) is 30.0. The molecule has 0 saturated carbocycles. The Balaban J connectivity index is 3.59. The molecular formula is C22H43BO8. The number of carbonyl (C=O) groups excluding carboxylic acids is 1. The Bertz CT molecular complexity index is 399. The van der Waals surface area contributed by atoms with Crippen molar-refractivity contribution < 1.29 is 39.0 Å². The quantitative estimate of drug-likeness (QED) is 0.0738. The van der Waals surface area contributed by atoms with Gasteiger partial charge in [-0.05, 0) is 32.1 Å². The molecule has 0 aliphatic heterocycles. The number of carbonyl (C=O) groups is 1. The summed E-state index contributed by atoms with van der Waals surface area (Å²) in [7, 11) is -1.51. The largest absolute Gasteiger partial charge is 0.772 e. The van der Waals surface area contributed by atoms with Crippen LogP contribution in [0.25, 0.3) is 0 Å². The van der Waals surface area contributed by atoms with Crippen LogP contribution < -0.4 is 0 Å². The van der Waals surface area contributed by atoms with Gasteiger partial charge < -0.3 is 14.9 Å². The minimum Gasteiger partial charge on any atom is -0.482 e. The Labute approximate surface area is 188 Å². The van der Waals surface area contributed by atoms with Crippen LogP contribution in [0.4, 0.5) is 0 Å². The van der Waals surface area contributed by atoms with E-state index in [4.69, 9.17) is 24.5 Å². The molecule has 31 heavy (non-hydrogen) atoms. The average Bonchev–Trinajstić information content (AvgIpc) is 2.76. The number of aliphatic hydroxyl groups is 2. The standard InChI is InChI=1S/C22H43BO8/c1-2-3-4-5-6-7-8-9-10-11-12-13-14-15-16-17-22(26)29-23(30-27-20-18-24)31-28-21-19-25/h9-10,24-25H,2-8,11-21H2,1H3/b10-9-. The van der Waals surface area contributed by atoms with Crippen molar-refractivity contribution in [2.75, 3.05) is 26.4 Å². The molecule has 0 amide bonds. The normalized spacial score (nSPS) is 11.3. The summed E-state index contributed by atoms with van der Waals surface area (Å²) in [5.41, 5.74) is 0. The number of rotatable bonds is 24. The molecule has 0 spiro atoms. The molecule has 2 N–H and O–H groups in total. The lowest BCUT2D eigenvalue weighted by Gasteiger charge is -2.12. The molecule has 0 rings (SSSR count). The van der Waals surface area contributed by atoms with Crippen molar-refractivity contribution in [3.63, 3.8) is 0 Å². The summed E-state index contributed by atoms with van der Waals surface area (Å²) >= 11 is 0. The van der Waals surface area contributed by atoms with E-state index in [9.17, 15) is 4.79 Å². The van der Waals surface area contributed by atoms with E-state index in [1.165, 1.54) is 51.4 Å². The van der Waals surface area contributed by atoms with E-state index in [-0.39, 0.29) is 32.8 Å². The Hall–Kier alpha value is -0.965. The molecule has 0 fully saturated rings. The Morgan fingerprint density at radius 2 is 1.23 bits per heavy atom. The Morgan fingerprint density at radius 3 is 1.74 bits per heavy atom. The number of unbranched alkanes of at least 4 members (excludes halogenated alkanes) is 11. The molecule has 9 heteroatoms. The molecule has 0 aliphatic carbocycles. The highest BCUT2D eigenvalue weighted by molar-refractivity contribution is 6.38. The summed E-state index contributed by atoms with van der Waals surface area (Å²) in [6.45, 7) is 1.52. The van der Waals surface area contributed by atoms with Crippen LogP contribution in [0.5, 0.6) is 0 Å². The van der Waals surface area contributed by atoms with Gasteiger partial charge in [0.2, 0.25) is 0 Å². The second-order valence-electron chi connectivity index (χ2n) is 7.40. The van der Waals surface area contributed by atoms with Gasteiger partial charge >= 0.3 is 7.32 Å². The predicted molar refractivity (Wildman–Crippen MR) is 120 cm³/mol. The van der Waals surface area contributed by atoms with Crippen LogP contribution in [0, 0.1) is 0 Å². The third-order valence-electron chi connectivity index (χ3n) is 4.51. The highest BCUT2D eigenvalue weighted by atomic mass is 17.3. The number of hydrogen-bond donors (Lipinski definition) is 2. The van der Waals surface area contributed by atoms with Gasteiger partial charge in [-0.2, -0.15) is 0 Å². The predicted octanol–water partition coefficient (Wildman–Crippen LogP) is 4.43. The summed E-state index contributed by atoms with van der Waals surface area (Å²) in [4.78, 5) is 30.4. The summed E-state index contributed by atoms with van der Waals surface area (Å²) in [6.07, 6.45) is 20.3. The summed E-state index contributed by atoms with van der Waals surface area (Å²) in [5.74, 6) is -0.497. The lowest BCUT2D eigenvalue weighted by molar-refractivity contribution is -0.302. The molecule has 0 radical (unpaired) electrons. The van der Waals surface area contributed by atoms with Crippen molar-refractivity contribution >= 4 is 13.3 Å². The molecule has 8 nitrogen and oxygen atoms in total. The van der Waals surface area contributed by atoms with Crippen LogP contribution in [-0.4, -0.2) is 49.9 Å². The van der Waals surface area contributed by atoms with Gasteiger partial charge in [0.05, 0.1) is 13.2 Å². The lowest BCUT2D eigenvalue weighted by atomic mass is 10.1. The molecule has 0 unspecified atom stereocenters. The van der Waals surface area contributed by atoms with Crippen molar-refractivity contribution in [2.45, 2.75) is 96.8 Å². The molecule has 0 heterocycles. The van der Waals surface area contributed by atoms with Crippen molar-refractivity contribution in [2.24, 2.45) is 0 Å². The van der Waals surface area contributed by atoms with Crippen molar-refractivity contribution in [1.82, 2.24) is 0 Å². The molecule has 0 aromatic carbocycles. The number of aliphatic hydroxyl groups excluding tert-OH is 2. The molecule has 0 aromatic heterocycles. The topological polar surface area (TPSA) is 104 Å². The van der Waals surface area contributed by atoms with E-state index in [2.05, 4.69) is 28.9 Å². The fourth-order valence-corrected chi connectivity index (χ4v) is 2.84. The van der Waals surface area contributed by atoms with Gasteiger partial charge in [0.1, 0.15) is 13.2 Å². The minimum absolute atomic E-state index is 0.106. The van der Waals surface area contributed by atoms with E-state index < -0.39 is 13.3 Å². The summed E-state index contributed by atoms with van der Waals surface area (Å²) < 4.78 is 4.96. The first-order chi connectivity index (χ1) is 15.2. The van der Waals surface area contributed by atoms with E-state index >= 15 is 0 Å². The van der Waals surface area contributed by atoms with Crippen molar-refractivity contribution in [3.8, 4) is 0 Å². The number of allylic oxidation sites excluding steroid dienone is 2. The van der Waals surface area contributed by atoms with E-state index in [0.717, 1.165) is 25.7 Å². The van der Waals surface area contributed by atoms with Gasteiger partial charge in [0, 0.05) is 6.42 Å². The van der Waals surface area contributed by atoms with Gasteiger partial charge in [-0.25, -0.2) is 19.4 Å². The zero-order chi connectivity index (χ0) is 22.8. The highest BCUT2D eigenvalue weighted by Gasteiger charge is 2.30.